The molecule has 0 aromatic heterocycles. The molecule has 0 bridgehead atoms. The van der Waals surface area contributed by atoms with Crippen molar-refractivity contribution >= 4 is 34.7 Å². The summed E-state index contributed by atoms with van der Waals surface area (Å²) in [6.07, 6.45) is 0.474. The summed E-state index contributed by atoms with van der Waals surface area (Å²) in [6.45, 7) is 1.30. The van der Waals surface area contributed by atoms with E-state index in [1.54, 1.807) is 36.3 Å². The van der Waals surface area contributed by atoms with Gasteiger partial charge in [0.15, 0.2) is 6.61 Å². The normalized spacial score (nSPS) is 10.2. The number of hydrogen-bond donors (Lipinski definition) is 1. The summed E-state index contributed by atoms with van der Waals surface area (Å²) in [5.41, 5.74) is 5.47. The molecule has 116 valence electrons. The molecule has 1 rings (SSSR count). The van der Waals surface area contributed by atoms with Gasteiger partial charge in [-0.3, -0.25) is 4.79 Å². The molecule has 0 aliphatic heterocycles. The lowest BCUT2D eigenvalue weighted by Crippen LogP contribution is -2.39. The minimum absolute atomic E-state index is 0.0681. The van der Waals surface area contributed by atoms with Crippen molar-refractivity contribution in [1.29, 1.82) is 0 Å². The van der Waals surface area contributed by atoms with Crippen LogP contribution in [0.3, 0.4) is 0 Å². The summed E-state index contributed by atoms with van der Waals surface area (Å²) < 4.78 is 10.4. The van der Waals surface area contributed by atoms with Gasteiger partial charge in [-0.1, -0.05) is 29.9 Å². The van der Waals surface area contributed by atoms with Crippen LogP contribution in [-0.2, 0) is 9.53 Å². The van der Waals surface area contributed by atoms with E-state index in [1.165, 1.54) is 0 Å². The number of methoxy groups -OCH3 is 1. The van der Waals surface area contributed by atoms with Gasteiger partial charge in [0.25, 0.3) is 5.91 Å². The maximum atomic E-state index is 12.1. The highest BCUT2D eigenvalue weighted by molar-refractivity contribution is 7.80. The van der Waals surface area contributed by atoms with Crippen molar-refractivity contribution in [2.45, 2.75) is 6.42 Å². The van der Waals surface area contributed by atoms with Crippen molar-refractivity contribution in [3.05, 3.63) is 29.3 Å². The molecular formula is C14H19ClN2O3S. The highest BCUT2D eigenvalue weighted by Gasteiger charge is 2.14. The largest absolute Gasteiger partial charge is 0.484 e. The van der Waals surface area contributed by atoms with E-state index in [4.69, 9.17) is 39.0 Å². The van der Waals surface area contributed by atoms with Crippen LogP contribution >= 0.6 is 23.8 Å². The van der Waals surface area contributed by atoms with Crippen molar-refractivity contribution < 1.29 is 14.3 Å². The average Bonchev–Trinajstić information content (AvgIpc) is 2.44. The lowest BCUT2D eigenvalue weighted by atomic mass is 10.3. The topological polar surface area (TPSA) is 64.8 Å². The number of nitrogens with zero attached hydrogens (tertiary/aromatic N) is 1. The summed E-state index contributed by atoms with van der Waals surface area (Å²) in [5, 5.41) is 0.560. The summed E-state index contributed by atoms with van der Waals surface area (Å²) >= 11 is 10.7. The Kier molecular flexibility index (Phi) is 8.04. The Morgan fingerprint density at radius 1 is 1.43 bits per heavy atom. The van der Waals surface area contributed by atoms with Crippen molar-refractivity contribution in [1.82, 2.24) is 4.90 Å². The maximum Gasteiger partial charge on any atom is 0.260 e. The van der Waals surface area contributed by atoms with E-state index in [2.05, 4.69) is 0 Å². The Morgan fingerprint density at radius 3 is 2.81 bits per heavy atom. The van der Waals surface area contributed by atoms with E-state index in [9.17, 15) is 4.79 Å². The second kappa shape index (κ2) is 9.55. The SMILES string of the molecule is COCCN(CCC(N)=S)C(=O)COc1cccc(Cl)c1. The van der Waals surface area contributed by atoms with Crippen LogP contribution < -0.4 is 10.5 Å². The zero-order valence-corrected chi connectivity index (χ0v) is 13.5. The van der Waals surface area contributed by atoms with Gasteiger partial charge in [0.2, 0.25) is 0 Å². The Hall–Kier alpha value is -1.37. The van der Waals surface area contributed by atoms with Crippen LogP contribution in [0.2, 0.25) is 5.02 Å². The van der Waals surface area contributed by atoms with Crippen LogP contribution in [0.5, 0.6) is 5.75 Å². The van der Waals surface area contributed by atoms with Crippen LogP contribution in [0.4, 0.5) is 0 Å². The van der Waals surface area contributed by atoms with Crippen LogP contribution in [-0.4, -0.2) is 49.2 Å². The van der Waals surface area contributed by atoms with E-state index in [0.29, 0.717) is 41.9 Å². The number of thiocarbonyl (C=S) groups is 1. The zero-order chi connectivity index (χ0) is 15.7. The molecule has 0 radical (unpaired) electrons. The fourth-order valence-electron chi connectivity index (χ4n) is 1.60. The van der Waals surface area contributed by atoms with Crippen molar-refractivity contribution in [2.75, 3.05) is 33.4 Å². The zero-order valence-electron chi connectivity index (χ0n) is 11.9. The smallest absolute Gasteiger partial charge is 0.260 e. The molecule has 1 aromatic rings. The number of carbonyl (C=O) groups is 1. The van der Waals surface area contributed by atoms with Crippen LogP contribution in [0.1, 0.15) is 6.42 Å². The molecule has 0 spiro atoms. The average molecular weight is 331 g/mol. The van der Waals surface area contributed by atoms with E-state index in [1.807, 2.05) is 0 Å². The van der Waals surface area contributed by atoms with E-state index < -0.39 is 0 Å². The molecule has 0 fully saturated rings. The first-order valence-electron chi connectivity index (χ1n) is 6.46. The predicted molar refractivity (Wildman–Crippen MR) is 86.8 cm³/mol. The van der Waals surface area contributed by atoms with Crippen molar-refractivity contribution in [3.63, 3.8) is 0 Å². The Balaban J connectivity index is 2.52. The van der Waals surface area contributed by atoms with Crippen LogP contribution in [0, 0.1) is 0 Å². The number of carbonyl (C=O) groups excluding carboxylic acids is 1. The van der Waals surface area contributed by atoms with Gasteiger partial charge < -0.3 is 20.1 Å². The molecule has 1 amide bonds. The van der Waals surface area contributed by atoms with Crippen LogP contribution in [0.15, 0.2) is 24.3 Å². The molecule has 21 heavy (non-hydrogen) atoms. The van der Waals surface area contributed by atoms with Crippen molar-refractivity contribution in [2.24, 2.45) is 5.73 Å². The molecule has 0 saturated carbocycles. The fourth-order valence-corrected chi connectivity index (χ4v) is 1.87. The summed E-state index contributed by atoms with van der Waals surface area (Å²) in [7, 11) is 1.58. The molecule has 5 nitrogen and oxygen atoms in total. The molecule has 0 unspecified atom stereocenters. The molecular weight excluding hydrogens is 312 g/mol. The van der Waals surface area contributed by atoms with Gasteiger partial charge >= 0.3 is 0 Å². The molecule has 0 aliphatic rings. The molecule has 0 heterocycles. The standard InChI is InChI=1S/C14H19ClN2O3S/c1-19-8-7-17(6-5-13(16)21)14(18)10-20-12-4-2-3-11(15)9-12/h2-4,9H,5-8,10H2,1H3,(H2,16,21). The number of amides is 1. The predicted octanol–water partition coefficient (Wildman–Crippen LogP) is 1.87. The van der Waals surface area contributed by atoms with E-state index in [0.717, 1.165) is 0 Å². The number of benzene rings is 1. The monoisotopic (exact) mass is 330 g/mol. The first-order chi connectivity index (χ1) is 10.0. The Labute approximate surface area is 135 Å². The molecule has 0 aliphatic carbocycles. The first-order valence-corrected chi connectivity index (χ1v) is 7.25. The van der Waals surface area contributed by atoms with E-state index >= 15 is 0 Å². The Morgan fingerprint density at radius 2 is 2.19 bits per heavy atom. The molecule has 0 atom stereocenters. The quantitative estimate of drug-likeness (QED) is 0.700. The van der Waals surface area contributed by atoms with Gasteiger partial charge in [-0.05, 0) is 18.2 Å². The highest BCUT2D eigenvalue weighted by Crippen LogP contribution is 2.17. The summed E-state index contributed by atoms with van der Waals surface area (Å²) in [5.74, 6) is 0.403. The van der Waals surface area contributed by atoms with Gasteiger partial charge in [-0.2, -0.15) is 0 Å². The fraction of sp³-hybridized carbons (Fsp3) is 0.429. The van der Waals surface area contributed by atoms with Gasteiger partial charge in [-0.15, -0.1) is 0 Å². The number of hydrogen-bond acceptors (Lipinski definition) is 4. The van der Waals surface area contributed by atoms with Gasteiger partial charge in [0.1, 0.15) is 5.75 Å². The third kappa shape index (κ3) is 7.27. The number of halogens is 1. The summed E-state index contributed by atoms with van der Waals surface area (Å²) in [6, 6.07) is 6.90. The first kappa shape index (κ1) is 17.7. The van der Waals surface area contributed by atoms with Gasteiger partial charge in [0, 0.05) is 31.6 Å². The molecule has 2 N–H and O–H groups in total. The van der Waals surface area contributed by atoms with E-state index in [-0.39, 0.29) is 12.5 Å². The number of ether oxygens (including phenoxy) is 2. The van der Waals surface area contributed by atoms with Gasteiger partial charge in [-0.25, -0.2) is 0 Å². The molecule has 7 heteroatoms. The third-order valence-electron chi connectivity index (χ3n) is 2.70. The molecule has 1 aromatic carbocycles. The third-order valence-corrected chi connectivity index (χ3v) is 3.14. The summed E-state index contributed by atoms with van der Waals surface area (Å²) in [4.78, 5) is 14.1. The maximum absolute atomic E-state index is 12.1. The number of nitrogens with two attached hydrogens (primary N) is 1. The lowest BCUT2D eigenvalue weighted by molar-refractivity contribution is -0.133. The Bertz CT molecular complexity index is 485. The van der Waals surface area contributed by atoms with Gasteiger partial charge in [0.05, 0.1) is 11.6 Å². The number of rotatable bonds is 9. The minimum Gasteiger partial charge on any atom is -0.484 e. The molecule has 0 saturated heterocycles. The minimum atomic E-state index is -0.150. The second-order valence-corrected chi connectivity index (χ2v) is 5.30. The lowest BCUT2D eigenvalue weighted by Gasteiger charge is -2.22. The van der Waals surface area contributed by atoms with Crippen LogP contribution in [0.25, 0.3) is 0 Å². The highest BCUT2D eigenvalue weighted by atomic mass is 35.5. The second-order valence-electron chi connectivity index (χ2n) is 4.34. The van der Waals surface area contributed by atoms with Crippen molar-refractivity contribution in [3.8, 4) is 5.75 Å².